The maximum atomic E-state index is 13.9. The van der Waals surface area contributed by atoms with Gasteiger partial charge in [0.15, 0.2) is 0 Å². The maximum absolute atomic E-state index is 13.9. The van der Waals surface area contributed by atoms with Crippen LogP contribution in [0.15, 0.2) is 78.9 Å². The summed E-state index contributed by atoms with van der Waals surface area (Å²) < 4.78 is 26.7. The summed E-state index contributed by atoms with van der Waals surface area (Å²) in [4.78, 5) is 29.1. The van der Waals surface area contributed by atoms with Crippen molar-refractivity contribution < 1.29 is 18.0 Å². The molecule has 0 aromatic heterocycles. The van der Waals surface area contributed by atoms with Crippen molar-refractivity contribution in [1.82, 2.24) is 10.2 Å². The van der Waals surface area contributed by atoms with E-state index in [-0.39, 0.29) is 31.3 Å². The van der Waals surface area contributed by atoms with E-state index in [2.05, 4.69) is 12.2 Å². The van der Waals surface area contributed by atoms with Gasteiger partial charge in [-0.1, -0.05) is 91.7 Å². The number of benzene rings is 3. The molecule has 0 spiro atoms. The molecular weight excluding hydrogens is 534 g/mol. The molecule has 0 aliphatic carbocycles. The Kier molecular flexibility index (Phi) is 12.0. The Bertz CT molecular complexity index is 1390. The van der Waals surface area contributed by atoms with Gasteiger partial charge in [-0.2, -0.15) is 0 Å². The fourth-order valence-electron chi connectivity index (χ4n) is 4.89. The van der Waals surface area contributed by atoms with E-state index >= 15 is 0 Å². The van der Waals surface area contributed by atoms with Crippen molar-refractivity contribution in [1.29, 1.82) is 0 Å². The van der Waals surface area contributed by atoms with Crippen molar-refractivity contribution in [2.45, 2.75) is 65.5 Å². The van der Waals surface area contributed by atoms with E-state index in [9.17, 15) is 18.0 Å². The van der Waals surface area contributed by atoms with Crippen LogP contribution in [0.5, 0.6) is 0 Å². The Morgan fingerprint density at radius 2 is 1.56 bits per heavy atom. The molecule has 2 amide bonds. The van der Waals surface area contributed by atoms with Crippen molar-refractivity contribution in [2.24, 2.45) is 0 Å². The Balaban J connectivity index is 1.88. The van der Waals surface area contributed by atoms with Crippen LogP contribution >= 0.6 is 0 Å². The van der Waals surface area contributed by atoms with E-state index in [1.165, 1.54) is 10.6 Å². The van der Waals surface area contributed by atoms with Crippen LogP contribution in [0.3, 0.4) is 0 Å². The molecule has 3 aromatic rings. The minimum atomic E-state index is -3.55. The van der Waals surface area contributed by atoms with E-state index in [1.54, 1.807) is 17.0 Å². The quantitative estimate of drug-likeness (QED) is 0.245. The SMILES string of the molecule is CCCCNC(=O)C(Cc1ccccc1)N(Cc1cccc(C)c1)C(=O)CCCN(c1ccccc1C)S(C)(=O)=O. The van der Waals surface area contributed by atoms with Gasteiger partial charge in [0.1, 0.15) is 6.04 Å². The lowest BCUT2D eigenvalue weighted by molar-refractivity contribution is -0.141. The van der Waals surface area contributed by atoms with Gasteiger partial charge >= 0.3 is 0 Å². The van der Waals surface area contributed by atoms with Gasteiger partial charge < -0.3 is 10.2 Å². The number of nitrogens with one attached hydrogen (secondary N) is 1. The van der Waals surface area contributed by atoms with Crippen molar-refractivity contribution >= 4 is 27.5 Å². The summed E-state index contributed by atoms with van der Waals surface area (Å²) in [6.45, 7) is 6.94. The molecule has 220 valence electrons. The van der Waals surface area contributed by atoms with Gasteiger partial charge in [0.2, 0.25) is 21.8 Å². The number of carbonyl (C=O) groups excluding carboxylic acids is 2. The lowest BCUT2D eigenvalue weighted by Crippen LogP contribution is -2.50. The number of rotatable bonds is 15. The summed E-state index contributed by atoms with van der Waals surface area (Å²) in [6, 6.07) is 24.3. The predicted molar refractivity (Wildman–Crippen MR) is 166 cm³/mol. The number of anilines is 1. The third-order valence-corrected chi connectivity index (χ3v) is 8.25. The van der Waals surface area contributed by atoms with Crippen molar-refractivity contribution in [3.05, 3.63) is 101 Å². The van der Waals surface area contributed by atoms with Crippen LogP contribution in [-0.2, 0) is 32.6 Å². The number of aryl methyl sites for hydroxylation is 2. The summed E-state index contributed by atoms with van der Waals surface area (Å²) in [7, 11) is -3.55. The van der Waals surface area contributed by atoms with Gasteiger partial charge in [-0.3, -0.25) is 13.9 Å². The normalized spacial score (nSPS) is 12.0. The van der Waals surface area contributed by atoms with Gasteiger partial charge in [0.05, 0.1) is 11.9 Å². The van der Waals surface area contributed by atoms with Crippen LogP contribution in [-0.4, -0.2) is 50.5 Å². The topological polar surface area (TPSA) is 86.8 Å². The molecule has 7 nitrogen and oxygen atoms in total. The fraction of sp³-hybridized carbons (Fsp3) is 0.394. The summed E-state index contributed by atoms with van der Waals surface area (Å²) in [5.74, 6) is -0.364. The molecule has 0 saturated carbocycles. The zero-order chi connectivity index (χ0) is 29.8. The summed E-state index contributed by atoms with van der Waals surface area (Å²) in [5.41, 5.74) is 4.43. The molecule has 1 unspecified atom stereocenters. The molecule has 1 N–H and O–H groups in total. The van der Waals surface area contributed by atoms with Gasteiger partial charge in [-0.05, 0) is 49.4 Å². The number of para-hydroxylation sites is 1. The number of hydrogen-bond donors (Lipinski definition) is 1. The fourth-order valence-corrected chi connectivity index (χ4v) is 5.92. The number of hydrogen-bond acceptors (Lipinski definition) is 4. The zero-order valence-corrected chi connectivity index (χ0v) is 25.5. The third-order valence-electron chi connectivity index (χ3n) is 7.07. The Labute approximate surface area is 245 Å². The van der Waals surface area contributed by atoms with Crippen molar-refractivity contribution in [3.8, 4) is 0 Å². The first-order chi connectivity index (χ1) is 19.6. The molecule has 1 atom stereocenters. The highest BCUT2D eigenvalue weighted by Crippen LogP contribution is 2.23. The van der Waals surface area contributed by atoms with Crippen molar-refractivity contribution in [3.63, 3.8) is 0 Å². The molecule has 0 saturated heterocycles. The molecule has 41 heavy (non-hydrogen) atoms. The first kappa shape index (κ1) is 31.9. The molecule has 0 aliphatic heterocycles. The van der Waals surface area contributed by atoms with E-state index in [0.29, 0.717) is 25.1 Å². The molecule has 0 aliphatic rings. The lowest BCUT2D eigenvalue weighted by atomic mass is 10.0. The standard InChI is InChI=1S/C33H43N3O4S/c1-5-6-21-34-33(38)31(24-28-16-8-7-9-17-28)35(25-29-18-12-14-26(2)23-29)32(37)20-13-22-36(41(4,39)40)30-19-11-10-15-27(30)3/h7-12,14-19,23,31H,5-6,13,20-22,24-25H2,1-4H3,(H,34,38). The average Bonchev–Trinajstić information content (AvgIpc) is 2.93. The van der Waals surface area contributed by atoms with E-state index < -0.39 is 16.1 Å². The Morgan fingerprint density at radius 1 is 0.878 bits per heavy atom. The van der Waals surface area contributed by atoms with Gasteiger partial charge in [-0.25, -0.2) is 8.42 Å². The predicted octanol–water partition coefficient (Wildman–Crippen LogP) is 5.41. The van der Waals surface area contributed by atoms with Crippen LogP contribution in [0.25, 0.3) is 0 Å². The average molecular weight is 578 g/mol. The monoisotopic (exact) mass is 577 g/mol. The molecule has 3 rings (SSSR count). The highest BCUT2D eigenvalue weighted by atomic mass is 32.2. The first-order valence-electron chi connectivity index (χ1n) is 14.3. The third kappa shape index (κ3) is 9.74. The minimum absolute atomic E-state index is 0.108. The van der Waals surface area contributed by atoms with E-state index in [0.717, 1.165) is 35.1 Å². The van der Waals surface area contributed by atoms with Gasteiger partial charge in [0, 0.05) is 32.5 Å². The molecule has 3 aromatic carbocycles. The largest absolute Gasteiger partial charge is 0.354 e. The molecule has 0 radical (unpaired) electrons. The second-order valence-corrected chi connectivity index (χ2v) is 12.5. The highest BCUT2D eigenvalue weighted by molar-refractivity contribution is 7.92. The second-order valence-electron chi connectivity index (χ2n) is 10.6. The molecule has 0 fully saturated rings. The molecule has 8 heteroatoms. The summed E-state index contributed by atoms with van der Waals surface area (Å²) >= 11 is 0. The second kappa shape index (κ2) is 15.4. The van der Waals surface area contributed by atoms with E-state index in [4.69, 9.17) is 0 Å². The smallest absolute Gasteiger partial charge is 0.243 e. The lowest BCUT2D eigenvalue weighted by Gasteiger charge is -2.32. The molecule has 0 bridgehead atoms. The summed E-state index contributed by atoms with van der Waals surface area (Å²) in [6.07, 6.45) is 3.80. The number of carbonyl (C=O) groups is 2. The van der Waals surface area contributed by atoms with Gasteiger partial charge in [-0.15, -0.1) is 0 Å². The zero-order valence-electron chi connectivity index (χ0n) is 24.7. The van der Waals surface area contributed by atoms with Crippen LogP contribution in [0.4, 0.5) is 5.69 Å². The molecule has 0 heterocycles. The number of unbranched alkanes of at least 4 members (excludes halogenated alkanes) is 1. The van der Waals surface area contributed by atoms with Crippen LogP contribution in [0, 0.1) is 13.8 Å². The van der Waals surface area contributed by atoms with Crippen LogP contribution in [0.2, 0.25) is 0 Å². The summed E-state index contributed by atoms with van der Waals surface area (Å²) in [5, 5.41) is 3.04. The number of amides is 2. The Hall–Kier alpha value is -3.65. The van der Waals surface area contributed by atoms with Crippen LogP contribution < -0.4 is 9.62 Å². The first-order valence-corrected chi connectivity index (χ1v) is 16.1. The van der Waals surface area contributed by atoms with Crippen LogP contribution in [0.1, 0.15) is 54.9 Å². The number of sulfonamides is 1. The highest BCUT2D eigenvalue weighted by Gasteiger charge is 2.30. The minimum Gasteiger partial charge on any atom is -0.354 e. The molecular formula is C33H43N3O4S. The Morgan fingerprint density at radius 3 is 2.22 bits per heavy atom. The van der Waals surface area contributed by atoms with Crippen molar-refractivity contribution in [2.75, 3.05) is 23.7 Å². The number of nitrogens with zero attached hydrogens (tertiary/aromatic N) is 2. The maximum Gasteiger partial charge on any atom is 0.243 e. The van der Waals surface area contributed by atoms with Gasteiger partial charge in [0.25, 0.3) is 0 Å². The van der Waals surface area contributed by atoms with E-state index in [1.807, 2.05) is 80.6 Å².